The third-order valence-corrected chi connectivity index (χ3v) is 9.10. The van der Waals surface area contributed by atoms with Crippen molar-refractivity contribution in [3.05, 3.63) is 54.6 Å². The van der Waals surface area contributed by atoms with E-state index < -0.39 is 41.9 Å². The lowest BCUT2D eigenvalue weighted by Gasteiger charge is -2.32. The number of nitrogens with one attached hydrogen (secondary N) is 1. The summed E-state index contributed by atoms with van der Waals surface area (Å²) in [6, 6.07) is 15.3. The topological polar surface area (TPSA) is 129 Å². The van der Waals surface area contributed by atoms with Crippen LogP contribution in [0.3, 0.4) is 0 Å². The van der Waals surface area contributed by atoms with Gasteiger partial charge in [0.25, 0.3) is 0 Å². The van der Waals surface area contributed by atoms with Crippen LogP contribution in [0.2, 0.25) is 0 Å². The first-order chi connectivity index (χ1) is 23.8. The molecule has 0 aliphatic carbocycles. The van der Waals surface area contributed by atoms with E-state index in [1.807, 2.05) is 81.6 Å². The van der Waals surface area contributed by atoms with Gasteiger partial charge in [0.1, 0.15) is 35.3 Å². The van der Waals surface area contributed by atoms with Crippen molar-refractivity contribution in [3.63, 3.8) is 0 Å². The molecule has 12 heteroatoms. The molecule has 2 aromatic carbocycles. The monoisotopic (exact) mass is 706 g/mol. The SMILES string of the molecule is CCC[C@H](/N=C(\SC)[C@@H]1CC(Oc2cc(-c3ccccc3)nc3cc(OC)ccc23)CN1C(=O)[C@@H](NC(=O)OC(C)(C)C)C(C)C)C(=O)OC. The number of aromatic nitrogens is 1. The van der Waals surface area contributed by atoms with E-state index >= 15 is 0 Å². The first-order valence-electron chi connectivity index (χ1n) is 17.0. The zero-order valence-electron chi connectivity index (χ0n) is 30.5. The lowest BCUT2D eigenvalue weighted by Crippen LogP contribution is -2.54. The number of esters is 1. The minimum Gasteiger partial charge on any atom is -0.497 e. The smallest absolute Gasteiger partial charge is 0.408 e. The fraction of sp³-hybridized carbons (Fsp3) is 0.500. The molecule has 1 aromatic heterocycles. The molecule has 1 saturated heterocycles. The Balaban J connectivity index is 1.76. The molecule has 0 bridgehead atoms. The van der Waals surface area contributed by atoms with Gasteiger partial charge in [0.05, 0.1) is 43.1 Å². The van der Waals surface area contributed by atoms with Gasteiger partial charge in [-0.3, -0.25) is 9.79 Å². The standard InChI is InChI=1S/C38H50N4O7S/c1-10-14-28(36(44)47-8)40-34(50-9)31-20-26(22-42(31)35(43)33(23(2)3)41-37(45)49-38(4,5)6)48-32-21-29(24-15-12-11-13-16-24)39-30-19-25(46-7)17-18-27(30)32/h11-13,15-19,21,23,26,28,31,33H,10,14,20,22H2,1-9H3,(H,41,45)/b40-34-/t26?,28-,31-,33-/m0/s1. The van der Waals surface area contributed by atoms with Crippen molar-refractivity contribution in [2.24, 2.45) is 10.9 Å². The maximum Gasteiger partial charge on any atom is 0.408 e. The molecule has 0 saturated carbocycles. The van der Waals surface area contributed by atoms with Crippen LogP contribution in [0.25, 0.3) is 22.2 Å². The van der Waals surface area contributed by atoms with Crippen molar-refractivity contribution < 1.29 is 33.3 Å². The number of pyridine rings is 1. The summed E-state index contributed by atoms with van der Waals surface area (Å²) < 4.78 is 22.9. The molecule has 1 aliphatic heterocycles. The largest absolute Gasteiger partial charge is 0.497 e. The maximum absolute atomic E-state index is 14.5. The minimum absolute atomic E-state index is 0.222. The van der Waals surface area contributed by atoms with Gasteiger partial charge in [-0.25, -0.2) is 14.6 Å². The number of carbonyl (C=O) groups excluding carboxylic acids is 3. The summed E-state index contributed by atoms with van der Waals surface area (Å²) in [6.07, 6.45) is 2.39. The van der Waals surface area contributed by atoms with Gasteiger partial charge in [0, 0.05) is 29.5 Å². The molecule has 1 unspecified atom stereocenters. The number of hydrogen-bond acceptors (Lipinski definition) is 10. The molecular formula is C38H50N4O7S. The zero-order chi connectivity index (χ0) is 36.6. The van der Waals surface area contributed by atoms with Gasteiger partial charge in [-0.2, -0.15) is 0 Å². The van der Waals surface area contributed by atoms with Crippen LogP contribution >= 0.6 is 11.8 Å². The number of fused-ring (bicyclic) bond motifs is 1. The summed E-state index contributed by atoms with van der Waals surface area (Å²) in [7, 11) is 2.96. The molecule has 50 heavy (non-hydrogen) atoms. The number of thioether (sulfide) groups is 1. The van der Waals surface area contributed by atoms with Crippen LogP contribution in [0.1, 0.15) is 60.8 Å². The summed E-state index contributed by atoms with van der Waals surface area (Å²) >= 11 is 1.38. The Bertz CT molecular complexity index is 1670. The normalized spacial score (nSPS) is 17.7. The molecule has 1 fully saturated rings. The number of benzene rings is 2. The van der Waals surface area contributed by atoms with Crippen molar-refractivity contribution in [3.8, 4) is 22.8 Å². The maximum atomic E-state index is 14.5. The number of methoxy groups -OCH3 is 2. The summed E-state index contributed by atoms with van der Waals surface area (Å²) in [5.74, 6) is 0.316. The highest BCUT2D eigenvalue weighted by atomic mass is 32.2. The van der Waals surface area contributed by atoms with Gasteiger partial charge in [0.15, 0.2) is 0 Å². The highest BCUT2D eigenvalue weighted by molar-refractivity contribution is 8.13. The van der Waals surface area contributed by atoms with E-state index in [-0.39, 0.29) is 18.4 Å². The lowest BCUT2D eigenvalue weighted by molar-refractivity contribution is -0.142. The molecule has 4 rings (SSSR count). The Hall–Kier alpha value is -4.32. The third kappa shape index (κ3) is 9.68. The number of alkyl carbamates (subject to hydrolysis) is 1. The van der Waals surface area contributed by atoms with Crippen LogP contribution in [-0.4, -0.2) is 89.7 Å². The molecule has 2 amide bonds. The van der Waals surface area contributed by atoms with Gasteiger partial charge >= 0.3 is 12.1 Å². The molecule has 11 nitrogen and oxygen atoms in total. The second-order valence-corrected chi connectivity index (χ2v) is 14.4. The third-order valence-electron chi connectivity index (χ3n) is 8.31. The van der Waals surface area contributed by atoms with Gasteiger partial charge in [-0.1, -0.05) is 57.5 Å². The molecule has 1 N–H and O–H groups in total. The number of carbonyl (C=O) groups is 3. The molecule has 1 aliphatic rings. The number of ether oxygens (including phenoxy) is 4. The van der Waals surface area contributed by atoms with Crippen molar-refractivity contribution in [2.75, 3.05) is 27.0 Å². The Kier molecular flexibility index (Phi) is 13.1. The van der Waals surface area contributed by atoms with E-state index in [1.165, 1.54) is 18.9 Å². The van der Waals surface area contributed by atoms with Gasteiger partial charge in [-0.05, 0) is 51.5 Å². The van der Waals surface area contributed by atoms with Crippen molar-refractivity contribution in [1.82, 2.24) is 15.2 Å². The zero-order valence-corrected chi connectivity index (χ0v) is 31.3. The van der Waals surface area contributed by atoms with Gasteiger partial charge < -0.3 is 29.2 Å². The molecule has 270 valence electrons. The fourth-order valence-corrected chi connectivity index (χ4v) is 6.63. The summed E-state index contributed by atoms with van der Waals surface area (Å²) in [4.78, 5) is 51.6. The van der Waals surface area contributed by atoms with Crippen LogP contribution in [0.5, 0.6) is 11.5 Å². The van der Waals surface area contributed by atoms with Crippen LogP contribution in [0, 0.1) is 5.92 Å². The van der Waals surface area contributed by atoms with E-state index in [9.17, 15) is 14.4 Å². The number of likely N-dealkylation sites (tertiary alicyclic amines) is 1. The molecule has 0 radical (unpaired) electrons. The van der Waals surface area contributed by atoms with Gasteiger partial charge in [-0.15, -0.1) is 11.8 Å². The molecule has 4 atom stereocenters. The van der Waals surface area contributed by atoms with Crippen LogP contribution in [-0.2, 0) is 19.1 Å². The predicted octanol–water partition coefficient (Wildman–Crippen LogP) is 6.91. The fourth-order valence-electron chi connectivity index (χ4n) is 5.90. The second-order valence-electron chi connectivity index (χ2n) is 13.6. The summed E-state index contributed by atoms with van der Waals surface area (Å²) in [5.41, 5.74) is 1.63. The van der Waals surface area contributed by atoms with E-state index in [1.54, 1.807) is 32.8 Å². The van der Waals surface area contributed by atoms with Crippen LogP contribution < -0.4 is 14.8 Å². The molecule has 2 heterocycles. The Morgan fingerprint density at radius 2 is 1.80 bits per heavy atom. The number of amides is 2. The minimum atomic E-state index is -0.875. The lowest BCUT2D eigenvalue weighted by atomic mass is 10.0. The van der Waals surface area contributed by atoms with E-state index in [4.69, 9.17) is 28.9 Å². The van der Waals surface area contributed by atoms with Crippen LogP contribution in [0.4, 0.5) is 4.79 Å². The molecule has 0 spiro atoms. The Labute approximate surface area is 299 Å². The summed E-state index contributed by atoms with van der Waals surface area (Å²) in [6.45, 7) is 11.3. The predicted molar refractivity (Wildman–Crippen MR) is 198 cm³/mol. The van der Waals surface area contributed by atoms with Crippen LogP contribution in [0.15, 0.2) is 59.6 Å². The number of rotatable bonds is 12. The quantitative estimate of drug-likeness (QED) is 0.121. The number of nitrogens with zero attached hydrogens (tertiary/aromatic N) is 3. The highest BCUT2D eigenvalue weighted by Crippen LogP contribution is 2.35. The number of hydrogen-bond donors (Lipinski definition) is 1. The number of aliphatic imine (C=N–C) groups is 1. The average Bonchev–Trinajstić information content (AvgIpc) is 3.50. The van der Waals surface area contributed by atoms with Crippen molar-refractivity contribution >= 4 is 45.7 Å². The van der Waals surface area contributed by atoms with E-state index in [2.05, 4.69) is 5.32 Å². The first-order valence-corrected chi connectivity index (χ1v) is 18.2. The van der Waals surface area contributed by atoms with Crippen molar-refractivity contribution in [1.29, 1.82) is 0 Å². The van der Waals surface area contributed by atoms with E-state index in [0.717, 1.165) is 23.1 Å². The van der Waals surface area contributed by atoms with Crippen molar-refractivity contribution in [2.45, 2.75) is 90.6 Å². The van der Waals surface area contributed by atoms with Gasteiger partial charge in [0.2, 0.25) is 5.91 Å². The Morgan fingerprint density at radius 1 is 1.08 bits per heavy atom. The highest BCUT2D eigenvalue weighted by Gasteiger charge is 2.43. The molecule has 3 aromatic rings. The van der Waals surface area contributed by atoms with E-state index in [0.29, 0.717) is 34.9 Å². The Morgan fingerprint density at radius 3 is 2.40 bits per heavy atom. The second kappa shape index (κ2) is 17.1. The average molecular weight is 707 g/mol. The summed E-state index contributed by atoms with van der Waals surface area (Å²) in [5, 5.41) is 4.22. The molecular weight excluding hydrogens is 657 g/mol. The first kappa shape index (κ1) is 38.5.